The van der Waals surface area contributed by atoms with Crippen LogP contribution in [0.1, 0.15) is 21.9 Å². The van der Waals surface area contributed by atoms with Crippen molar-refractivity contribution in [1.29, 1.82) is 0 Å². The number of anilines is 1. The predicted molar refractivity (Wildman–Crippen MR) is 113 cm³/mol. The number of carbonyl (C=O) groups is 1. The molecular weight excluding hydrogens is 386 g/mol. The predicted octanol–water partition coefficient (Wildman–Crippen LogP) is 3.40. The molecular formula is C21H21N5O2S. The molecule has 1 aliphatic rings. The van der Waals surface area contributed by atoms with Crippen molar-refractivity contribution in [1.82, 2.24) is 19.1 Å². The van der Waals surface area contributed by atoms with Crippen molar-refractivity contribution < 1.29 is 9.21 Å². The minimum atomic E-state index is -0.0596. The third-order valence-corrected chi connectivity index (χ3v) is 5.99. The number of furan rings is 1. The summed E-state index contributed by atoms with van der Waals surface area (Å²) in [5.74, 6) is 2.07. The number of hydrogen-bond donors (Lipinski definition) is 0. The normalized spacial score (nSPS) is 14.7. The van der Waals surface area contributed by atoms with Gasteiger partial charge in [0.1, 0.15) is 11.6 Å². The largest absolute Gasteiger partial charge is 0.454 e. The van der Waals surface area contributed by atoms with Crippen LogP contribution in [0.15, 0.2) is 53.2 Å². The molecule has 0 spiro atoms. The van der Waals surface area contributed by atoms with Crippen LogP contribution in [0.3, 0.4) is 0 Å². The molecule has 1 fully saturated rings. The van der Waals surface area contributed by atoms with Gasteiger partial charge in [0, 0.05) is 37.8 Å². The second-order valence-corrected chi connectivity index (χ2v) is 8.07. The Morgan fingerprint density at radius 3 is 2.76 bits per heavy atom. The number of rotatable bonds is 4. The summed E-state index contributed by atoms with van der Waals surface area (Å²) in [6.45, 7) is 5.35. The van der Waals surface area contributed by atoms with Gasteiger partial charge in [0.05, 0.1) is 17.4 Å². The summed E-state index contributed by atoms with van der Waals surface area (Å²) in [6.07, 6.45) is 3.76. The molecule has 0 aliphatic carbocycles. The first-order chi connectivity index (χ1) is 14.2. The molecule has 1 aliphatic heterocycles. The van der Waals surface area contributed by atoms with Gasteiger partial charge in [-0.3, -0.25) is 9.48 Å². The van der Waals surface area contributed by atoms with Crippen molar-refractivity contribution in [2.75, 3.05) is 31.1 Å². The molecule has 8 heteroatoms. The highest BCUT2D eigenvalue weighted by Crippen LogP contribution is 2.30. The number of hydrogen-bond acceptors (Lipinski definition) is 6. The van der Waals surface area contributed by atoms with Crippen molar-refractivity contribution in [2.24, 2.45) is 0 Å². The van der Waals surface area contributed by atoms with Crippen molar-refractivity contribution in [3.05, 3.63) is 65.9 Å². The van der Waals surface area contributed by atoms with E-state index < -0.39 is 0 Å². The Morgan fingerprint density at radius 2 is 1.97 bits per heavy atom. The number of carbonyl (C=O) groups excluding carboxylic acids is 1. The zero-order chi connectivity index (χ0) is 19.8. The maximum absolute atomic E-state index is 12.9. The molecule has 0 unspecified atom stereocenters. The molecule has 0 saturated carbocycles. The standard InChI is InChI=1S/C21H21N5O2S/c1-15-12-22-26(13-15)14-16-6-7-18(28-16)21(27)25-10-8-24(9-11-25)20-17-4-2-3-5-19(17)29-23-20/h2-7,12-13H,8-11,14H2,1H3. The molecule has 148 valence electrons. The molecule has 1 amide bonds. The highest BCUT2D eigenvalue weighted by atomic mass is 32.1. The minimum absolute atomic E-state index is 0.0596. The van der Waals surface area contributed by atoms with E-state index in [9.17, 15) is 4.79 Å². The van der Waals surface area contributed by atoms with E-state index in [1.54, 1.807) is 16.9 Å². The summed E-state index contributed by atoms with van der Waals surface area (Å²) in [4.78, 5) is 17.0. The van der Waals surface area contributed by atoms with E-state index >= 15 is 0 Å². The zero-order valence-corrected chi connectivity index (χ0v) is 16.9. The van der Waals surface area contributed by atoms with E-state index in [1.165, 1.54) is 21.6 Å². The van der Waals surface area contributed by atoms with Crippen molar-refractivity contribution in [3.63, 3.8) is 0 Å². The molecule has 3 aromatic heterocycles. The lowest BCUT2D eigenvalue weighted by Gasteiger charge is -2.34. The molecule has 4 aromatic rings. The van der Waals surface area contributed by atoms with E-state index in [4.69, 9.17) is 4.42 Å². The molecule has 1 aromatic carbocycles. The lowest BCUT2D eigenvalue weighted by atomic mass is 10.2. The SMILES string of the molecule is Cc1cnn(Cc2ccc(C(=O)N3CCN(c4nsc5ccccc45)CC3)o2)c1. The van der Waals surface area contributed by atoms with Gasteiger partial charge < -0.3 is 14.2 Å². The molecule has 5 rings (SSSR count). The minimum Gasteiger partial charge on any atom is -0.454 e. The van der Waals surface area contributed by atoms with Crippen LogP contribution < -0.4 is 4.90 Å². The van der Waals surface area contributed by atoms with Crippen LogP contribution in [0, 0.1) is 6.92 Å². The Bertz CT molecular complexity index is 1150. The molecule has 4 heterocycles. The van der Waals surface area contributed by atoms with Gasteiger partial charge in [-0.15, -0.1) is 0 Å². The Morgan fingerprint density at radius 1 is 1.14 bits per heavy atom. The number of nitrogens with zero attached hydrogens (tertiary/aromatic N) is 5. The zero-order valence-electron chi connectivity index (χ0n) is 16.1. The van der Waals surface area contributed by atoms with E-state index in [1.807, 2.05) is 36.2 Å². The quantitative estimate of drug-likeness (QED) is 0.519. The van der Waals surface area contributed by atoms with Gasteiger partial charge in [-0.25, -0.2) is 0 Å². The maximum atomic E-state index is 12.9. The van der Waals surface area contributed by atoms with E-state index in [0.29, 0.717) is 25.4 Å². The number of aromatic nitrogens is 3. The first kappa shape index (κ1) is 17.9. The molecule has 29 heavy (non-hydrogen) atoms. The number of amides is 1. The molecule has 0 N–H and O–H groups in total. The highest BCUT2D eigenvalue weighted by Gasteiger charge is 2.26. The van der Waals surface area contributed by atoms with Crippen LogP contribution in [0.25, 0.3) is 10.1 Å². The summed E-state index contributed by atoms with van der Waals surface area (Å²) in [6, 6.07) is 11.9. The van der Waals surface area contributed by atoms with Crippen LogP contribution >= 0.6 is 11.5 Å². The van der Waals surface area contributed by atoms with Gasteiger partial charge >= 0.3 is 0 Å². The van der Waals surface area contributed by atoms with Gasteiger partial charge in [-0.2, -0.15) is 9.47 Å². The van der Waals surface area contributed by atoms with Crippen LogP contribution in [0.2, 0.25) is 0 Å². The summed E-state index contributed by atoms with van der Waals surface area (Å²) >= 11 is 1.52. The Kier molecular flexibility index (Phi) is 4.55. The number of fused-ring (bicyclic) bond motifs is 1. The van der Waals surface area contributed by atoms with Gasteiger partial charge in [0.15, 0.2) is 5.76 Å². The number of aryl methyl sites for hydroxylation is 1. The topological polar surface area (TPSA) is 67.4 Å². The van der Waals surface area contributed by atoms with Gasteiger partial charge in [0.2, 0.25) is 0 Å². The fourth-order valence-corrected chi connectivity index (χ4v) is 4.46. The third kappa shape index (κ3) is 3.51. The molecule has 1 saturated heterocycles. The Hall–Kier alpha value is -3.13. The molecule has 0 radical (unpaired) electrons. The highest BCUT2D eigenvalue weighted by molar-refractivity contribution is 7.13. The van der Waals surface area contributed by atoms with E-state index in [-0.39, 0.29) is 5.91 Å². The fourth-order valence-electron chi connectivity index (χ4n) is 3.67. The number of benzene rings is 1. The summed E-state index contributed by atoms with van der Waals surface area (Å²) in [5, 5.41) is 5.44. The Balaban J connectivity index is 1.23. The van der Waals surface area contributed by atoms with E-state index in [0.717, 1.165) is 30.2 Å². The van der Waals surface area contributed by atoms with Gasteiger partial charge in [-0.05, 0) is 48.3 Å². The number of piperazine rings is 1. The smallest absolute Gasteiger partial charge is 0.289 e. The van der Waals surface area contributed by atoms with Crippen LogP contribution in [0.5, 0.6) is 0 Å². The molecule has 7 nitrogen and oxygen atoms in total. The van der Waals surface area contributed by atoms with Crippen molar-refractivity contribution >= 4 is 33.3 Å². The van der Waals surface area contributed by atoms with Crippen LogP contribution in [-0.2, 0) is 6.54 Å². The lowest BCUT2D eigenvalue weighted by molar-refractivity contribution is 0.0712. The average Bonchev–Trinajstić information content (AvgIpc) is 3.48. The summed E-state index contributed by atoms with van der Waals surface area (Å²) in [7, 11) is 0. The lowest BCUT2D eigenvalue weighted by Crippen LogP contribution is -2.48. The third-order valence-electron chi connectivity index (χ3n) is 5.18. The fraction of sp³-hybridized carbons (Fsp3) is 0.286. The van der Waals surface area contributed by atoms with Crippen molar-refractivity contribution in [2.45, 2.75) is 13.5 Å². The van der Waals surface area contributed by atoms with E-state index in [2.05, 4.69) is 26.5 Å². The first-order valence-corrected chi connectivity index (χ1v) is 10.4. The van der Waals surface area contributed by atoms with Crippen LogP contribution in [0.4, 0.5) is 5.82 Å². The molecule has 0 bridgehead atoms. The second kappa shape index (κ2) is 7.36. The van der Waals surface area contributed by atoms with Crippen molar-refractivity contribution in [3.8, 4) is 0 Å². The van der Waals surface area contributed by atoms with Crippen LogP contribution in [-0.4, -0.2) is 51.1 Å². The molecule has 0 atom stereocenters. The van der Waals surface area contributed by atoms with Gasteiger partial charge in [0.25, 0.3) is 5.91 Å². The monoisotopic (exact) mass is 407 g/mol. The Labute approximate surface area is 172 Å². The maximum Gasteiger partial charge on any atom is 0.289 e. The van der Waals surface area contributed by atoms with Gasteiger partial charge in [-0.1, -0.05) is 12.1 Å². The second-order valence-electron chi connectivity index (χ2n) is 7.26. The summed E-state index contributed by atoms with van der Waals surface area (Å²) in [5.41, 5.74) is 1.10. The first-order valence-electron chi connectivity index (χ1n) is 9.64. The summed E-state index contributed by atoms with van der Waals surface area (Å²) < 4.78 is 13.4. The average molecular weight is 407 g/mol.